The first-order valence-electron chi connectivity index (χ1n) is 4.55. The smallest absolute Gasteiger partial charge is 0.336 e. The second-order valence-electron chi connectivity index (χ2n) is 3.28. The zero-order valence-corrected chi connectivity index (χ0v) is 7.66. The van der Waals surface area contributed by atoms with Crippen LogP contribution < -0.4 is 10.6 Å². The molecule has 14 heavy (non-hydrogen) atoms. The number of carbonyl (C=O) groups is 1. The Hall–Kier alpha value is -1.39. The average Bonchev–Trinajstić information content (AvgIpc) is 2.70. The summed E-state index contributed by atoms with van der Waals surface area (Å²) in [6, 6.07) is 7.21. The first-order chi connectivity index (χ1) is 6.79. The zero-order valence-electron chi connectivity index (χ0n) is 7.66. The van der Waals surface area contributed by atoms with Crippen molar-refractivity contribution >= 4 is 5.97 Å². The van der Waals surface area contributed by atoms with E-state index < -0.39 is 5.97 Å². The molecule has 0 aliphatic carbocycles. The number of aromatic carboxylic acids is 1. The molecule has 0 amide bonds. The van der Waals surface area contributed by atoms with Gasteiger partial charge in [-0.15, -0.1) is 0 Å². The van der Waals surface area contributed by atoms with Crippen molar-refractivity contribution in [3.05, 3.63) is 35.4 Å². The van der Waals surface area contributed by atoms with Gasteiger partial charge in [-0.3, -0.25) is 5.32 Å². The van der Waals surface area contributed by atoms with Gasteiger partial charge in [-0.2, -0.15) is 0 Å². The number of carboxylic acids is 1. The Balaban J connectivity index is 2.35. The fourth-order valence-corrected chi connectivity index (χ4v) is 1.70. The van der Waals surface area contributed by atoms with Crippen LogP contribution in [0.3, 0.4) is 0 Å². The highest BCUT2D eigenvalue weighted by Gasteiger charge is 2.20. The third kappa shape index (κ3) is 1.62. The lowest BCUT2D eigenvalue weighted by Gasteiger charge is -2.12. The Morgan fingerprint density at radius 2 is 2.21 bits per heavy atom. The van der Waals surface area contributed by atoms with Crippen LogP contribution >= 0.6 is 0 Å². The van der Waals surface area contributed by atoms with Crippen LogP contribution in [0.25, 0.3) is 0 Å². The molecule has 3 N–H and O–H groups in total. The molecule has 74 valence electrons. The molecule has 0 bridgehead atoms. The van der Waals surface area contributed by atoms with E-state index in [9.17, 15) is 4.79 Å². The predicted molar refractivity (Wildman–Crippen MR) is 52.1 cm³/mol. The van der Waals surface area contributed by atoms with E-state index in [0.717, 1.165) is 18.8 Å². The quantitative estimate of drug-likeness (QED) is 0.641. The number of hydrogen-bond acceptors (Lipinski definition) is 3. The van der Waals surface area contributed by atoms with Gasteiger partial charge in [-0.1, -0.05) is 18.2 Å². The summed E-state index contributed by atoms with van der Waals surface area (Å²) in [5.41, 5.74) is 1.23. The number of benzene rings is 1. The third-order valence-electron chi connectivity index (χ3n) is 2.39. The van der Waals surface area contributed by atoms with Crippen molar-refractivity contribution in [2.75, 3.05) is 13.2 Å². The Labute approximate surface area is 81.9 Å². The highest BCUT2D eigenvalue weighted by atomic mass is 16.4. The largest absolute Gasteiger partial charge is 0.478 e. The Kier molecular flexibility index (Phi) is 2.47. The Bertz CT molecular complexity index is 346. The van der Waals surface area contributed by atoms with Crippen molar-refractivity contribution in [2.24, 2.45) is 0 Å². The van der Waals surface area contributed by atoms with Gasteiger partial charge in [0.05, 0.1) is 5.56 Å². The number of nitrogens with one attached hydrogen (secondary N) is 2. The van der Waals surface area contributed by atoms with Gasteiger partial charge in [0, 0.05) is 19.3 Å². The van der Waals surface area contributed by atoms with E-state index in [4.69, 9.17) is 5.11 Å². The highest BCUT2D eigenvalue weighted by molar-refractivity contribution is 5.89. The normalized spacial score (nSPS) is 21.0. The van der Waals surface area contributed by atoms with Crippen molar-refractivity contribution in [1.29, 1.82) is 0 Å². The molecule has 1 aromatic carbocycles. The lowest BCUT2D eigenvalue weighted by Crippen LogP contribution is -2.17. The summed E-state index contributed by atoms with van der Waals surface area (Å²) >= 11 is 0. The van der Waals surface area contributed by atoms with Gasteiger partial charge in [-0.05, 0) is 11.6 Å². The van der Waals surface area contributed by atoms with Crippen LogP contribution in [0.1, 0.15) is 22.0 Å². The van der Waals surface area contributed by atoms with Crippen molar-refractivity contribution in [3.8, 4) is 0 Å². The van der Waals surface area contributed by atoms with Crippen LogP contribution in [-0.4, -0.2) is 24.3 Å². The van der Waals surface area contributed by atoms with Crippen molar-refractivity contribution in [1.82, 2.24) is 10.6 Å². The van der Waals surface area contributed by atoms with Crippen molar-refractivity contribution < 1.29 is 9.90 Å². The van der Waals surface area contributed by atoms with E-state index in [0.29, 0.717) is 5.56 Å². The third-order valence-corrected chi connectivity index (χ3v) is 2.39. The summed E-state index contributed by atoms with van der Waals surface area (Å²) < 4.78 is 0. The summed E-state index contributed by atoms with van der Waals surface area (Å²) in [6.45, 7) is 1.52. The molecule has 0 saturated carbocycles. The minimum Gasteiger partial charge on any atom is -0.478 e. The van der Waals surface area contributed by atoms with Crippen LogP contribution in [0.5, 0.6) is 0 Å². The van der Waals surface area contributed by atoms with Crippen LogP contribution in [0.2, 0.25) is 0 Å². The molecule has 0 radical (unpaired) electrons. The number of hydrogen-bond donors (Lipinski definition) is 3. The maximum Gasteiger partial charge on any atom is 0.336 e. The summed E-state index contributed by atoms with van der Waals surface area (Å²) in [7, 11) is 0. The summed E-state index contributed by atoms with van der Waals surface area (Å²) in [5, 5.41) is 15.3. The second kappa shape index (κ2) is 3.77. The van der Waals surface area contributed by atoms with Gasteiger partial charge < -0.3 is 10.4 Å². The number of carboxylic acid groups (broad SMARTS) is 1. The minimum atomic E-state index is -0.866. The van der Waals surface area contributed by atoms with Gasteiger partial charge in [0.2, 0.25) is 0 Å². The fourth-order valence-electron chi connectivity index (χ4n) is 1.70. The molecule has 1 fully saturated rings. The number of rotatable bonds is 2. The zero-order chi connectivity index (χ0) is 9.97. The monoisotopic (exact) mass is 192 g/mol. The van der Waals surface area contributed by atoms with E-state index in [1.807, 2.05) is 12.1 Å². The minimum absolute atomic E-state index is 0.113. The Morgan fingerprint density at radius 1 is 1.43 bits per heavy atom. The first kappa shape index (κ1) is 9.18. The van der Waals surface area contributed by atoms with Crippen molar-refractivity contribution in [3.63, 3.8) is 0 Å². The molecule has 0 aromatic heterocycles. The molecule has 4 heteroatoms. The maximum atomic E-state index is 10.9. The summed E-state index contributed by atoms with van der Waals surface area (Å²) in [5.74, 6) is -0.866. The molecule has 1 atom stereocenters. The summed E-state index contributed by atoms with van der Waals surface area (Å²) in [4.78, 5) is 10.9. The van der Waals surface area contributed by atoms with E-state index in [-0.39, 0.29) is 6.04 Å². The molecule has 4 nitrogen and oxygen atoms in total. The van der Waals surface area contributed by atoms with Gasteiger partial charge in [-0.25, -0.2) is 4.79 Å². The van der Waals surface area contributed by atoms with Gasteiger partial charge in [0.25, 0.3) is 0 Å². The fraction of sp³-hybridized carbons (Fsp3) is 0.300. The first-order valence-corrected chi connectivity index (χ1v) is 4.55. The van der Waals surface area contributed by atoms with Crippen LogP contribution in [0, 0.1) is 0 Å². The topological polar surface area (TPSA) is 61.4 Å². The molecule has 1 heterocycles. The van der Waals surface area contributed by atoms with Gasteiger partial charge in [0.1, 0.15) is 0 Å². The van der Waals surface area contributed by atoms with Gasteiger partial charge >= 0.3 is 5.97 Å². The maximum absolute atomic E-state index is 10.9. The highest BCUT2D eigenvalue weighted by Crippen LogP contribution is 2.19. The predicted octanol–water partition coefficient (Wildman–Crippen LogP) is 0.576. The molecule has 0 spiro atoms. The van der Waals surface area contributed by atoms with E-state index >= 15 is 0 Å². The summed E-state index contributed by atoms with van der Waals surface area (Å²) in [6.07, 6.45) is 0. The van der Waals surface area contributed by atoms with Crippen LogP contribution in [0.15, 0.2) is 24.3 Å². The van der Waals surface area contributed by atoms with Crippen molar-refractivity contribution in [2.45, 2.75) is 6.04 Å². The van der Waals surface area contributed by atoms with E-state index in [2.05, 4.69) is 10.6 Å². The molecular formula is C10H12N2O2. The average molecular weight is 192 g/mol. The molecular weight excluding hydrogens is 180 g/mol. The second-order valence-corrected chi connectivity index (χ2v) is 3.28. The lowest BCUT2D eigenvalue weighted by molar-refractivity contribution is 0.0695. The molecule has 1 aliphatic heterocycles. The molecule has 1 aromatic rings. The Morgan fingerprint density at radius 3 is 2.86 bits per heavy atom. The van der Waals surface area contributed by atoms with Crippen LogP contribution in [0.4, 0.5) is 0 Å². The SMILES string of the molecule is O=C(O)c1ccccc1C1CNCN1. The van der Waals surface area contributed by atoms with E-state index in [1.165, 1.54) is 0 Å². The molecule has 1 saturated heterocycles. The van der Waals surface area contributed by atoms with Gasteiger partial charge in [0.15, 0.2) is 0 Å². The van der Waals surface area contributed by atoms with Crippen LogP contribution in [-0.2, 0) is 0 Å². The van der Waals surface area contributed by atoms with E-state index in [1.54, 1.807) is 12.1 Å². The lowest BCUT2D eigenvalue weighted by atomic mass is 10.0. The molecule has 1 unspecified atom stereocenters. The molecule has 1 aliphatic rings. The standard InChI is InChI=1S/C10H12N2O2/c13-10(14)8-4-2-1-3-7(8)9-5-11-6-12-9/h1-4,9,11-12H,5-6H2,(H,13,14). The molecule has 2 rings (SSSR count).